The van der Waals surface area contributed by atoms with Crippen molar-refractivity contribution in [2.75, 3.05) is 6.54 Å². The Kier molecular flexibility index (Phi) is 6.03. The van der Waals surface area contributed by atoms with E-state index in [0.29, 0.717) is 23.6 Å². The molecule has 1 aromatic rings. The molecule has 10 nitrogen and oxygen atoms in total. The van der Waals surface area contributed by atoms with E-state index in [-0.39, 0.29) is 17.9 Å². The second-order valence-corrected chi connectivity index (χ2v) is 10.1. The molecule has 35 heavy (non-hydrogen) atoms. The fourth-order valence-corrected chi connectivity index (χ4v) is 5.68. The molecule has 4 rings (SSSR count). The van der Waals surface area contributed by atoms with Crippen LogP contribution in [0.2, 0.25) is 0 Å². The Morgan fingerprint density at radius 3 is 2.49 bits per heavy atom. The van der Waals surface area contributed by atoms with E-state index in [1.165, 1.54) is 0 Å². The number of Topliss-reactive ketones (excluding diaryl/α,β-unsaturated/α-hetero) is 2. The number of allylic oxidation sites excluding steroid dienone is 1. The maximum absolute atomic E-state index is 13.6. The average molecular weight is 487 g/mol. The van der Waals surface area contributed by atoms with E-state index in [9.17, 15) is 39.9 Å². The third kappa shape index (κ3) is 3.47. The van der Waals surface area contributed by atoms with Gasteiger partial charge < -0.3 is 36.6 Å². The molecular weight excluding hydrogens is 456 g/mol. The highest BCUT2D eigenvalue weighted by molar-refractivity contribution is 6.24. The Morgan fingerprint density at radius 2 is 1.89 bits per heavy atom. The quantitative estimate of drug-likeness (QED) is 0.296. The minimum absolute atomic E-state index is 0.0785. The van der Waals surface area contributed by atoms with Crippen molar-refractivity contribution in [2.24, 2.45) is 23.5 Å². The van der Waals surface area contributed by atoms with Crippen LogP contribution in [0.5, 0.6) is 5.75 Å². The molecule has 0 saturated carbocycles. The van der Waals surface area contributed by atoms with Crippen molar-refractivity contribution in [3.63, 3.8) is 0 Å². The minimum Gasteiger partial charge on any atom is -0.511 e. The molecular formula is C25H30N2O8. The molecule has 0 aliphatic heterocycles. The van der Waals surface area contributed by atoms with Gasteiger partial charge >= 0.3 is 0 Å². The fraction of sp³-hybridized carbons (Fsp3) is 0.480. The first kappa shape index (κ1) is 24.9. The highest BCUT2D eigenvalue weighted by atomic mass is 16.4. The molecule has 0 fully saturated rings. The van der Waals surface area contributed by atoms with Crippen LogP contribution in [-0.4, -0.2) is 61.3 Å². The van der Waals surface area contributed by atoms with E-state index in [0.717, 1.165) is 0 Å². The third-order valence-electron chi connectivity index (χ3n) is 7.45. The first-order valence-electron chi connectivity index (χ1n) is 11.5. The number of aliphatic hydroxyl groups is 4. The zero-order valence-corrected chi connectivity index (χ0v) is 19.7. The number of benzene rings is 1. The van der Waals surface area contributed by atoms with Crippen LogP contribution in [0.15, 0.2) is 34.8 Å². The van der Waals surface area contributed by atoms with Crippen LogP contribution < -0.4 is 11.1 Å². The van der Waals surface area contributed by atoms with Crippen molar-refractivity contribution in [1.29, 1.82) is 0 Å². The molecule has 0 bridgehead atoms. The van der Waals surface area contributed by atoms with E-state index in [4.69, 9.17) is 5.73 Å². The summed E-state index contributed by atoms with van der Waals surface area (Å²) in [5, 5.41) is 58.1. The number of carbonyl (C=O) groups is 3. The first-order valence-corrected chi connectivity index (χ1v) is 11.5. The van der Waals surface area contributed by atoms with E-state index < -0.39 is 76.0 Å². The largest absolute Gasteiger partial charge is 0.511 e. The SMILES string of the molecule is CC(C)CNCc1ccc2c(c1O)C(=O)C1=C(O)[C@]3(O)C(=O)C(C(N)=O)=C(O)C[C@@H]3[C@@H](O)[C@@H]1[C@H]2C. The maximum atomic E-state index is 13.6. The number of ketones is 2. The van der Waals surface area contributed by atoms with Gasteiger partial charge in [-0.3, -0.25) is 14.4 Å². The Morgan fingerprint density at radius 1 is 1.23 bits per heavy atom. The number of phenols is 1. The predicted octanol–water partition coefficient (Wildman–Crippen LogP) is 0.858. The highest BCUT2D eigenvalue weighted by Gasteiger charge is 2.64. The predicted molar refractivity (Wildman–Crippen MR) is 123 cm³/mol. The highest BCUT2D eigenvalue weighted by Crippen LogP contribution is 2.55. The molecule has 1 aromatic carbocycles. The van der Waals surface area contributed by atoms with Gasteiger partial charge in [0.15, 0.2) is 11.4 Å². The third-order valence-corrected chi connectivity index (χ3v) is 7.45. The summed E-state index contributed by atoms with van der Waals surface area (Å²) < 4.78 is 0. The Hall–Kier alpha value is -3.21. The normalized spacial score (nSPS) is 30.3. The number of nitrogens with one attached hydrogen (secondary N) is 1. The van der Waals surface area contributed by atoms with E-state index >= 15 is 0 Å². The second-order valence-electron chi connectivity index (χ2n) is 10.1. The summed E-state index contributed by atoms with van der Waals surface area (Å²) in [4.78, 5) is 38.4. The molecule has 3 aliphatic carbocycles. The van der Waals surface area contributed by atoms with Crippen LogP contribution in [0.4, 0.5) is 0 Å². The van der Waals surface area contributed by atoms with Crippen molar-refractivity contribution in [3.05, 3.63) is 51.5 Å². The topological polar surface area (TPSA) is 190 Å². The van der Waals surface area contributed by atoms with Crippen molar-refractivity contribution in [3.8, 4) is 5.75 Å². The van der Waals surface area contributed by atoms with Crippen molar-refractivity contribution in [1.82, 2.24) is 5.32 Å². The van der Waals surface area contributed by atoms with Crippen molar-refractivity contribution in [2.45, 2.75) is 51.4 Å². The van der Waals surface area contributed by atoms with E-state index in [1.54, 1.807) is 19.1 Å². The zero-order valence-electron chi connectivity index (χ0n) is 19.7. The number of fused-ring (bicyclic) bond motifs is 3. The number of rotatable bonds is 5. The van der Waals surface area contributed by atoms with Gasteiger partial charge in [0.05, 0.1) is 11.7 Å². The average Bonchev–Trinajstić information content (AvgIpc) is 2.77. The van der Waals surface area contributed by atoms with Gasteiger partial charge in [-0.15, -0.1) is 0 Å². The maximum Gasteiger partial charge on any atom is 0.255 e. The van der Waals surface area contributed by atoms with E-state index in [1.807, 2.05) is 13.8 Å². The molecule has 0 radical (unpaired) electrons. The number of aromatic hydroxyl groups is 1. The van der Waals surface area contributed by atoms with Gasteiger partial charge in [0.1, 0.15) is 22.8 Å². The summed E-state index contributed by atoms with van der Waals surface area (Å²) in [7, 11) is 0. The van der Waals surface area contributed by atoms with Crippen LogP contribution in [-0.2, 0) is 16.1 Å². The lowest BCUT2D eigenvalue weighted by atomic mass is 9.56. The minimum atomic E-state index is -2.83. The lowest BCUT2D eigenvalue weighted by Crippen LogP contribution is -2.62. The summed E-state index contributed by atoms with van der Waals surface area (Å²) in [5.41, 5.74) is 1.89. The van der Waals surface area contributed by atoms with Crippen LogP contribution in [0.25, 0.3) is 0 Å². The van der Waals surface area contributed by atoms with Gasteiger partial charge in [-0.05, 0) is 23.9 Å². The molecule has 0 unspecified atom stereocenters. The number of aliphatic hydroxyl groups excluding tert-OH is 3. The lowest BCUT2D eigenvalue weighted by Gasteiger charge is -2.50. The molecule has 0 spiro atoms. The standard InChI is InChI=1S/C25H30N2O8/c1-9(2)7-27-8-11-4-5-12-10(3)15-18(21(31)16(12)19(11)29)23(33)25(35)13(20(15)30)6-14(28)17(22(25)32)24(26)34/h4-5,9-10,13,15,20,27-30,33,35H,6-8H2,1-3H3,(H2,26,34)/t10-,13+,15+,20+,25+/m0/s1. The Balaban J connectivity index is 1.86. The summed E-state index contributed by atoms with van der Waals surface area (Å²) in [6.07, 6.45) is -2.04. The van der Waals surface area contributed by atoms with Crippen LogP contribution >= 0.6 is 0 Å². The van der Waals surface area contributed by atoms with E-state index in [2.05, 4.69) is 5.32 Å². The zero-order chi connectivity index (χ0) is 26.0. The first-order chi connectivity index (χ1) is 16.3. The Labute approximate surface area is 201 Å². The van der Waals surface area contributed by atoms with Gasteiger partial charge in [0, 0.05) is 35.9 Å². The molecule has 5 atom stereocenters. The number of carbonyl (C=O) groups excluding carboxylic acids is 3. The molecule has 8 N–H and O–H groups in total. The summed E-state index contributed by atoms with van der Waals surface area (Å²) in [6.45, 7) is 6.71. The van der Waals surface area contributed by atoms with Crippen LogP contribution in [0.3, 0.4) is 0 Å². The smallest absolute Gasteiger partial charge is 0.255 e. The van der Waals surface area contributed by atoms with Crippen LogP contribution in [0, 0.1) is 17.8 Å². The van der Waals surface area contributed by atoms with Crippen molar-refractivity contribution < 1.29 is 39.9 Å². The molecule has 3 aliphatic rings. The van der Waals surface area contributed by atoms with Crippen molar-refractivity contribution >= 4 is 17.5 Å². The molecule has 0 aromatic heterocycles. The number of nitrogens with two attached hydrogens (primary N) is 1. The number of amides is 1. The van der Waals surface area contributed by atoms with Gasteiger partial charge in [0.25, 0.3) is 5.91 Å². The number of phenolic OH excluding ortho intramolecular Hbond substituents is 1. The summed E-state index contributed by atoms with van der Waals surface area (Å²) in [5.74, 6) is -8.19. The molecule has 1 amide bonds. The van der Waals surface area contributed by atoms with Gasteiger partial charge in [-0.2, -0.15) is 0 Å². The van der Waals surface area contributed by atoms with Crippen LogP contribution in [0.1, 0.15) is 54.6 Å². The summed E-state index contributed by atoms with van der Waals surface area (Å²) >= 11 is 0. The molecule has 188 valence electrons. The van der Waals surface area contributed by atoms with Gasteiger partial charge in [-0.1, -0.05) is 32.9 Å². The van der Waals surface area contributed by atoms with Gasteiger partial charge in [0.2, 0.25) is 5.78 Å². The fourth-order valence-electron chi connectivity index (χ4n) is 5.68. The molecule has 0 heterocycles. The monoisotopic (exact) mass is 486 g/mol. The lowest BCUT2D eigenvalue weighted by molar-refractivity contribution is -0.154. The number of hydrogen-bond donors (Lipinski definition) is 7. The molecule has 0 saturated heterocycles. The number of hydrogen-bond acceptors (Lipinski definition) is 9. The molecule has 10 heteroatoms. The second kappa shape index (κ2) is 8.47. The Bertz CT molecular complexity index is 1200. The summed E-state index contributed by atoms with van der Waals surface area (Å²) in [6, 6.07) is 3.36. The number of primary amides is 1. The van der Waals surface area contributed by atoms with Gasteiger partial charge in [-0.25, -0.2) is 0 Å².